The molecule has 5 rings (SSSR count). The lowest BCUT2D eigenvalue weighted by Crippen LogP contribution is -2.54. The van der Waals surface area contributed by atoms with Crippen LogP contribution in [0.4, 0.5) is 0 Å². The Balaban J connectivity index is 1.68. The van der Waals surface area contributed by atoms with E-state index in [0.29, 0.717) is 12.1 Å². The normalized spacial score (nSPS) is 20.7. The number of methoxy groups -OCH3 is 1. The van der Waals surface area contributed by atoms with E-state index in [1.165, 1.54) is 10.9 Å². The van der Waals surface area contributed by atoms with Crippen molar-refractivity contribution in [3.05, 3.63) is 65.4 Å². The molecule has 3 aromatic rings. The van der Waals surface area contributed by atoms with Crippen LogP contribution in [0.25, 0.3) is 10.9 Å². The number of piperidine rings is 1. The summed E-state index contributed by atoms with van der Waals surface area (Å²) < 4.78 is 5.44. The predicted octanol–water partition coefficient (Wildman–Crippen LogP) is 3.33. The highest BCUT2D eigenvalue weighted by molar-refractivity contribution is 5.95. The van der Waals surface area contributed by atoms with Gasteiger partial charge in [0.25, 0.3) is 5.91 Å². The summed E-state index contributed by atoms with van der Waals surface area (Å²) in [4.78, 5) is 21.4. The number of amides is 1. The number of nitrogens with zero attached hydrogens (tertiary/aromatic N) is 2. The van der Waals surface area contributed by atoms with Gasteiger partial charge in [0.2, 0.25) is 0 Å². The third-order valence-electron chi connectivity index (χ3n) is 7.15. The van der Waals surface area contributed by atoms with Gasteiger partial charge in [0.05, 0.1) is 19.8 Å². The van der Waals surface area contributed by atoms with Crippen LogP contribution in [0.3, 0.4) is 0 Å². The molecule has 1 aromatic heterocycles. The molecule has 1 amide bonds. The van der Waals surface area contributed by atoms with Gasteiger partial charge in [0.15, 0.2) is 0 Å². The third kappa shape index (κ3) is 3.22. The Labute approximate surface area is 182 Å². The molecule has 1 saturated heterocycles. The van der Waals surface area contributed by atoms with Gasteiger partial charge in [-0.3, -0.25) is 4.79 Å². The second kappa shape index (κ2) is 7.70. The number of carbonyl (C=O) groups is 1. The molecule has 0 bridgehead atoms. The number of ether oxygens (including phenoxy) is 1. The Morgan fingerprint density at radius 2 is 1.94 bits per heavy atom. The number of carbonyl (C=O) groups excluding carboxylic acids is 1. The first-order chi connectivity index (χ1) is 15.1. The fourth-order valence-electron chi connectivity index (χ4n) is 5.42. The van der Waals surface area contributed by atoms with Crippen LogP contribution in [0.1, 0.15) is 40.5 Å². The fraction of sp³-hybridized carbons (Fsp3) is 0.400. The number of aromatic amines is 1. The molecule has 1 atom stereocenters. The Morgan fingerprint density at radius 3 is 2.61 bits per heavy atom. The number of nitrogens with one attached hydrogen (secondary N) is 1. The quantitative estimate of drug-likeness (QED) is 0.683. The molecule has 1 spiro atoms. The topological polar surface area (TPSA) is 68.8 Å². The fourth-order valence-corrected chi connectivity index (χ4v) is 5.42. The molecular weight excluding hydrogens is 390 g/mol. The maximum absolute atomic E-state index is 13.6. The van der Waals surface area contributed by atoms with E-state index in [0.717, 1.165) is 42.9 Å². The van der Waals surface area contributed by atoms with Gasteiger partial charge >= 0.3 is 0 Å². The first kappa shape index (κ1) is 20.1. The van der Waals surface area contributed by atoms with Gasteiger partial charge in [0, 0.05) is 40.2 Å². The van der Waals surface area contributed by atoms with Crippen LogP contribution in [0, 0.1) is 0 Å². The number of aliphatic hydroxyl groups is 1. The number of likely N-dealkylation sites (tertiary alicyclic amines) is 1. The average molecular weight is 420 g/mol. The lowest BCUT2D eigenvalue weighted by molar-refractivity contribution is 0.0362. The number of H-pyrrole nitrogens is 1. The number of hydrogen-bond acceptors (Lipinski definition) is 4. The number of aliphatic hydroxyl groups excluding tert-OH is 1. The van der Waals surface area contributed by atoms with E-state index in [2.05, 4.69) is 23.0 Å². The molecule has 162 valence electrons. The van der Waals surface area contributed by atoms with Gasteiger partial charge < -0.3 is 24.6 Å². The van der Waals surface area contributed by atoms with E-state index in [4.69, 9.17) is 4.74 Å². The summed E-state index contributed by atoms with van der Waals surface area (Å²) in [5.41, 5.74) is 3.76. The van der Waals surface area contributed by atoms with Crippen LogP contribution >= 0.6 is 0 Å². The molecule has 2 aromatic carbocycles. The van der Waals surface area contributed by atoms with E-state index in [-0.39, 0.29) is 17.9 Å². The summed E-state index contributed by atoms with van der Waals surface area (Å²) in [5, 5.41) is 11.6. The van der Waals surface area contributed by atoms with E-state index in [1.807, 2.05) is 47.4 Å². The van der Waals surface area contributed by atoms with E-state index in [9.17, 15) is 9.90 Å². The van der Waals surface area contributed by atoms with Crippen molar-refractivity contribution in [2.45, 2.75) is 24.3 Å². The molecule has 2 aliphatic heterocycles. The van der Waals surface area contributed by atoms with Crippen molar-refractivity contribution >= 4 is 16.8 Å². The summed E-state index contributed by atoms with van der Waals surface area (Å²) >= 11 is 0. The number of fused-ring (bicyclic) bond motifs is 4. The van der Waals surface area contributed by atoms with Crippen molar-refractivity contribution in [2.24, 2.45) is 0 Å². The van der Waals surface area contributed by atoms with E-state index >= 15 is 0 Å². The summed E-state index contributed by atoms with van der Waals surface area (Å²) in [6, 6.07) is 15.1. The first-order valence-electron chi connectivity index (χ1n) is 10.9. The Hall–Kier alpha value is -2.83. The van der Waals surface area contributed by atoms with Crippen molar-refractivity contribution < 1.29 is 14.6 Å². The van der Waals surface area contributed by atoms with Gasteiger partial charge in [-0.25, -0.2) is 0 Å². The summed E-state index contributed by atoms with van der Waals surface area (Å²) in [7, 11) is 3.82. The number of aromatic nitrogens is 1. The molecule has 1 fully saturated rings. The highest BCUT2D eigenvalue weighted by atomic mass is 16.5. The first-order valence-corrected chi connectivity index (χ1v) is 10.9. The van der Waals surface area contributed by atoms with Crippen molar-refractivity contribution in [3.8, 4) is 5.75 Å². The molecule has 6 nitrogen and oxygen atoms in total. The second-order valence-electron chi connectivity index (χ2n) is 8.91. The van der Waals surface area contributed by atoms with Crippen LogP contribution in [0.15, 0.2) is 48.5 Å². The molecule has 3 heterocycles. The van der Waals surface area contributed by atoms with Gasteiger partial charge in [-0.2, -0.15) is 0 Å². The molecular formula is C25H29N3O3. The zero-order chi connectivity index (χ0) is 21.6. The minimum atomic E-state index is -0.397. The Kier molecular flexibility index (Phi) is 4.99. The number of hydrogen-bond donors (Lipinski definition) is 2. The monoisotopic (exact) mass is 419 g/mol. The Bertz CT molecular complexity index is 1100. The number of benzene rings is 2. The van der Waals surface area contributed by atoms with Crippen LogP contribution in [0.2, 0.25) is 0 Å². The van der Waals surface area contributed by atoms with Crippen LogP contribution < -0.4 is 4.74 Å². The maximum Gasteiger partial charge on any atom is 0.254 e. The molecule has 31 heavy (non-hydrogen) atoms. The number of rotatable bonds is 3. The summed E-state index contributed by atoms with van der Waals surface area (Å²) in [6.45, 7) is 2.47. The summed E-state index contributed by atoms with van der Waals surface area (Å²) in [6.07, 6.45) is 1.96. The van der Waals surface area contributed by atoms with Crippen molar-refractivity contribution in [1.82, 2.24) is 14.8 Å². The lowest BCUT2D eigenvalue weighted by Gasteiger charge is -2.49. The molecule has 6 heteroatoms. The highest BCUT2D eigenvalue weighted by Gasteiger charge is 2.48. The molecule has 2 aliphatic rings. The van der Waals surface area contributed by atoms with Crippen LogP contribution in [0.5, 0.6) is 5.75 Å². The van der Waals surface area contributed by atoms with E-state index in [1.54, 1.807) is 7.11 Å². The maximum atomic E-state index is 13.6. The molecule has 2 N–H and O–H groups in total. The second-order valence-corrected chi connectivity index (χ2v) is 8.91. The van der Waals surface area contributed by atoms with Crippen LogP contribution in [-0.4, -0.2) is 66.2 Å². The summed E-state index contributed by atoms with van der Waals surface area (Å²) in [5.74, 6) is 0.765. The standard InChI is InChI=1S/C25H29N3O3/c1-27-12-10-25(11-13-27)16-28(24(30)17-6-4-3-5-7-17)21(15-29)23-22(25)19-9-8-18(31-2)14-20(19)26-23/h3-9,14,21,26,29H,10-13,15-16H2,1-2H3/t21-/m1/s1. The van der Waals surface area contributed by atoms with E-state index < -0.39 is 6.04 Å². The average Bonchev–Trinajstić information content (AvgIpc) is 3.20. The molecule has 0 aliphatic carbocycles. The molecule has 0 radical (unpaired) electrons. The zero-order valence-corrected chi connectivity index (χ0v) is 18.1. The van der Waals surface area contributed by atoms with Crippen molar-refractivity contribution in [3.63, 3.8) is 0 Å². The van der Waals surface area contributed by atoms with Gasteiger partial charge in [-0.1, -0.05) is 18.2 Å². The molecule has 0 saturated carbocycles. The SMILES string of the molecule is COc1ccc2c3c([nH]c2c1)[C@@H](CO)N(C(=O)c1ccccc1)CC31CCN(C)CC1. The lowest BCUT2D eigenvalue weighted by atomic mass is 9.68. The van der Waals surface area contributed by atoms with Gasteiger partial charge in [-0.15, -0.1) is 0 Å². The minimum absolute atomic E-state index is 0.0279. The highest BCUT2D eigenvalue weighted by Crippen LogP contribution is 2.49. The molecule has 0 unspecified atom stereocenters. The minimum Gasteiger partial charge on any atom is -0.497 e. The third-order valence-corrected chi connectivity index (χ3v) is 7.15. The van der Waals surface area contributed by atoms with Crippen molar-refractivity contribution in [2.75, 3.05) is 40.4 Å². The van der Waals surface area contributed by atoms with Gasteiger partial charge in [0.1, 0.15) is 5.75 Å². The predicted molar refractivity (Wildman–Crippen MR) is 121 cm³/mol. The Morgan fingerprint density at radius 1 is 1.19 bits per heavy atom. The smallest absolute Gasteiger partial charge is 0.254 e. The largest absolute Gasteiger partial charge is 0.497 e. The van der Waals surface area contributed by atoms with Crippen LogP contribution in [-0.2, 0) is 5.41 Å². The zero-order valence-electron chi connectivity index (χ0n) is 18.1. The van der Waals surface area contributed by atoms with Gasteiger partial charge in [-0.05, 0) is 62.8 Å². The van der Waals surface area contributed by atoms with Crippen molar-refractivity contribution in [1.29, 1.82) is 0 Å².